The quantitative estimate of drug-likeness (QED) is 0.203. The number of nitrogens with one attached hydrogen (secondary N) is 2. The molecule has 11 heteroatoms. The fourth-order valence-corrected chi connectivity index (χ4v) is 4.34. The van der Waals surface area contributed by atoms with Crippen molar-refractivity contribution in [3.63, 3.8) is 0 Å². The van der Waals surface area contributed by atoms with E-state index in [1.54, 1.807) is 18.2 Å². The minimum atomic E-state index is -1.16. The number of pyridine rings is 2. The number of nitrogens with zero attached hydrogens (tertiary/aromatic N) is 3. The number of hydrogen-bond acceptors (Lipinski definition) is 7. The van der Waals surface area contributed by atoms with Crippen LogP contribution in [0.5, 0.6) is 0 Å². The van der Waals surface area contributed by atoms with E-state index in [0.717, 1.165) is 27.2 Å². The minimum absolute atomic E-state index is 0.0323. The molecule has 4 N–H and O–H groups in total. The van der Waals surface area contributed by atoms with Gasteiger partial charge in [0.15, 0.2) is 6.29 Å². The lowest BCUT2D eigenvalue weighted by molar-refractivity contribution is 0.101. The van der Waals surface area contributed by atoms with E-state index in [1.165, 1.54) is 30.6 Å². The Balaban J connectivity index is 1.51. The van der Waals surface area contributed by atoms with Gasteiger partial charge >= 0.3 is 6.09 Å². The Morgan fingerprint density at radius 3 is 1.79 bits per heavy atom. The van der Waals surface area contributed by atoms with Crippen LogP contribution in [0.2, 0.25) is 0 Å². The van der Waals surface area contributed by atoms with Crippen LogP contribution in [0.4, 0.5) is 16.2 Å². The lowest BCUT2D eigenvalue weighted by atomic mass is 9.94. The van der Waals surface area contributed by atoms with Crippen LogP contribution < -0.4 is 10.6 Å². The predicted molar refractivity (Wildman–Crippen MR) is 157 cm³/mol. The monoisotopic (exact) mass is 567 g/mol. The number of carboxylic acid groups (broad SMARTS) is 1. The summed E-state index contributed by atoms with van der Waals surface area (Å²) in [7, 11) is 0. The zero-order valence-electron chi connectivity index (χ0n) is 23.0. The van der Waals surface area contributed by atoms with Crippen LogP contribution in [-0.4, -0.2) is 62.4 Å². The van der Waals surface area contributed by atoms with E-state index >= 15 is 0 Å². The highest BCUT2D eigenvalue weighted by atomic mass is 16.4. The van der Waals surface area contributed by atoms with E-state index in [9.17, 15) is 24.3 Å². The van der Waals surface area contributed by atoms with Gasteiger partial charge in [0, 0.05) is 35.9 Å². The van der Waals surface area contributed by atoms with Crippen LogP contribution in [0.15, 0.2) is 73.1 Å². The maximum atomic E-state index is 13.0. The second-order valence-corrected chi connectivity index (χ2v) is 9.44. The number of hydrogen-bond donors (Lipinski definition) is 4. The summed E-state index contributed by atoms with van der Waals surface area (Å²) in [6.07, 6.45) is 2.27. The van der Waals surface area contributed by atoms with Gasteiger partial charge in [0.2, 0.25) is 0 Å². The molecular formula is C31H29N5O6. The molecule has 0 radical (unpaired) electrons. The van der Waals surface area contributed by atoms with Gasteiger partial charge in [0.1, 0.15) is 11.4 Å². The van der Waals surface area contributed by atoms with Crippen molar-refractivity contribution in [2.75, 3.05) is 23.8 Å². The molecule has 2 aromatic carbocycles. The molecule has 0 unspecified atom stereocenters. The summed E-state index contributed by atoms with van der Waals surface area (Å²) in [6, 6.07) is 17.2. The zero-order valence-corrected chi connectivity index (χ0v) is 23.0. The Bertz CT molecular complexity index is 1620. The number of amides is 3. The zero-order chi connectivity index (χ0) is 30.2. The molecule has 42 heavy (non-hydrogen) atoms. The van der Waals surface area contributed by atoms with Crippen LogP contribution in [0.1, 0.15) is 48.0 Å². The number of anilines is 2. The van der Waals surface area contributed by atoms with Crippen molar-refractivity contribution in [2.24, 2.45) is 0 Å². The van der Waals surface area contributed by atoms with E-state index in [-0.39, 0.29) is 31.1 Å². The number of benzene rings is 2. The largest absolute Gasteiger partial charge is 0.465 e. The summed E-state index contributed by atoms with van der Waals surface area (Å²) >= 11 is 0. The highest BCUT2D eigenvalue weighted by molar-refractivity contribution is 6.05. The third-order valence-corrected chi connectivity index (χ3v) is 6.68. The minimum Gasteiger partial charge on any atom is -0.465 e. The first-order valence-corrected chi connectivity index (χ1v) is 13.0. The Kier molecular flexibility index (Phi) is 9.35. The maximum absolute atomic E-state index is 13.0. The van der Waals surface area contributed by atoms with Crippen molar-refractivity contribution >= 4 is 35.6 Å². The predicted octanol–water partition coefficient (Wildman–Crippen LogP) is 4.55. The molecule has 0 spiro atoms. The SMILES string of the molecule is Cc1c(NC(=O)c2ccc(C=O)cn2)cccc1-c1cccc(NC(=O)c2ccc(CN(CCO)C(=O)O)cn2)c1C. The molecule has 3 amide bonds. The number of aldehydes is 1. The number of aliphatic hydroxyl groups is 1. The van der Waals surface area contributed by atoms with Crippen LogP contribution >= 0.6 is 0 Å². The molecule has 0 bridgehead atoms. The molecular weight excluding hydrogens is 538 g/mol. The van der Waals surface area contributed by atoms with Crippen molar-refractivity contribution in [1.29, 1.82) is 0 Å². The Hall–Kier alpha value is -5.42. The van der Waals surface area contributed by atoms with Gasteiger partial charge in [-0.2, -0.15) is 0 Å². The fraction of sp³-hybridized carbons (Fsp3) is 0.161. The summed E-state index contributed by atoms with van der Waals surface area (Å²) in [6.45, 7) is 3.47. The number of aromatic nitrogens is 2. The van der Waals surface area contributed by atoms with Gasteiger partial charge in [-0.1, -0.05) is 30.3 Å². The van der Waals surface area contributed by atoms with E-state index < -0.39 is 17.9 Å². The standard InChI is InChI=1S/C31H29N5O6/c1-19-23(24-6-4-8-26(20(24)2)35-30(40)28-12-10-22(18-38)16-33-28)5-3-7-25(19)34-29(39)27-11-9-21(15-32-27)17-36(13-14-37)31(41)42/h3-12,15-16,18,37H,13-14,17H2,1-2H3,(H,34,39)(H,35,40)(H,41,42). The second-order valence-electron chi connectivity index (χ2n) is 9.44. The molecule has 11 nitrogen and oxygen atoms in total. The van der Waals surface area contributed by atoms with Gasteiger partial charge in [0.05, 0.1) is 13.2 Å². The van der Waals surface area contributed by atoms with Gasteiger partial charge in [-0.3, -0.25) is 24.4 Å². The number of aliphatic hydroxyl groups excluding tert-OH is 1. The molecule has 0 saturated carbocycles. The molecule has 0 atom stereocenters. The van der Waals surface area contributed by atoms with E-state index in [0.29, 0.717) is 28.8 Å². The number of carbonyl (C=O) groups is 4. The first-order chi connectivity index (χ1) is 20.2. The van der Waals surface area contributed by atoms with Gasteiger partial charge in [0.25, 0.3) is 11.8 Å². The topological polar surface area (TPSA) is 162 Å². The molecule has 0 fully saturated rings. The van der Waals surface area contributed by atoms with Crippen molar-refractivity contribution in [2.45, 2.75) is 20.4 Å². The number of carbonyl (C=O) groups excluding carboxylic acids is 3. The lowest BCUT2D eigenvalue weighted by Gasteiger charge is -2.18. The average molecular weight is 568 g/mol. The maximum Gasteiger partial charge on any atom is 0.407 e. The molecule has 2 heterocycles. The summed E-state index contributed by atoms with van der Waals surface area (Å²) in [4.78, 5) is 57.2. The second kappa shape index (κ2) is 13.3. The van der Waals surface area contributed by atoms with Crippen LogP contribution in [0.25, 0.3) is 11.1 Å². The Morgan fingerprint density at radius 1 is 0.810 bits per heavy atom. The highest BCUT2D eigenvalue weighted by Crippen LogP contribution is 2.34. The fourth-order valence-electron chi connectivity index (χ4n) is 4.34. The summed E-state index contributed by atoms with van der Waals surface area (Å²) < 4.78 is 0. The molecule has 0 saturated heterocycles. The van der Waals surface area contributed by atoms with Crippen molar-refractivity contribution in [3.05, 3.63) is 107 Å². The normalized spacial score (nSPS) is 10.5. The average Bonchev–Trinajstić information content (AvgIpc) is 2.99. The van der Waals surface area contributed by atoms with Gasteiger partial charge in [-0.15, -0.1) is 0 Å². The lowest BCUT2D eigenvalue weighted by Crippen LogP contribution is -2.31. The summed E-state index contributed by atoms with van der Waals surface area (Å²) in [5.41, 5.74) is 5.81. The van der Waals surface area contributed by atoms with E-state index in [4.69, 9.17) is 5.11 Å². The summed E-state index contributed by atoms with van der Waals surface area (Å²) in [5, 5.41) is 24.1. The molecule has 0 aliphatic rings. The Morgan fingerprint density at radius 2 is 1.36 bits per heavy atom. The van der Waals surface area contributed by atoms with Gasteiger partial charge in [-0.25, -0.2) is 4.79 Å². The molecule has 2 aromatic heterocycles. The Labute approximate surface area is 241 Å². The molecule has 4 aromatic rings. The van der Waals surface area contributed by atoms with Crippen molar-refractivity contribution < 1.29 is 29.4 Å². The third-order valence-electron chi connectivity index (χ3n) is 6.68. The third kappa shape index (κ3) is 6.83. The molecule has 0 aliphatic heterocycles. The first-order valence-electron chi connectivity index (χ1n) is 13.0. The van der Waals surface area contributed by atoms with Gasteiger partial charge in [-0.05, 0) is 72.0 Å². The molecule has 0 aliphatic carbocycles. The highest BCUT2D eigenvalue weighted by Gasteiger charge is 2.17. The van der Waals surface area contributed by atoms with Crippen LogP contribution in [0.3, 0.4) is 0 Å². The van der Waals surface area contributed by atoms with E-state index in [1.807, 2.05) is 38.1 Å². The van der Waals surface area contributed by atoms with Gasteiger partial charge < -0.3 is 25.7 Å². The smallest absolute Gasteiger partial charge is 0.407 e. The van der Waals surface area contributed by atoms with Crippen molar-refractivity contribution in [1.82, 2.24) is 14.9 Å². The molecule has 4 rings (SSSR count). The van der Waals surface area contributed by atoms with Crippen LogP contribution in [0, 0.1) is 13.8 Å². The molecule has 214 valence electrons. The summed E-state index contributed by atoms with van der Waals surface area (Å²) in [5.74, 6) is -0.842. The first kappa shape index (κ1) is 29.6. The van der Waals surface area contributed by atoms with Crippen LogP contribution in [-0.2, 0) is 6.54 Å². The van der Waals surface area contributed by atoms with Crippen molar-refractivity contribution in [3.8, 4) is 11.1 Å². The number of rotatable bonds is 10. The van der Waals surface area contributed by atoms with E-state index in [2.05, 4.69) is 20.6 Å².